The molecule has 2 aliphatic rings. The summed E-state index contributed by atoms with van der Waals surface area (Å²) in [6, 6.07) is 0.742. The van der Waals surface area contributed by atoms with Gasteiger partial charge in [0.2, 0.25) is 5.13 Å². The Kier molecular flexibility index (Phi) is 3.29. The zero-order valence-corrected chi connectivity index (χ0v) is 11.2. The average molecular weight is 252 g/mol. The molecule has 0 radical (unpaired) electrons. The van der Waals surface area contributed by atoms with Gasteiger partial charge in [-0.25, -0.2) is 0 Å². The molecular weight excluding hydrogens is 232 g/mol. The number of nitrogens with one attached hydrogen (secondary N) is 1. The van der Waals surface area contributed by atoms with Crippen LogP contribution in [0.3, 0.4) is 0 Å². The Labute approximate surface area is 106 Å². The van der Waals surface area contributed by atoms with E-state index < -0.39 is 0 Å². The summed E-state index contributed by atoms with van der Waals surface area (Å²) in [6.45, 7) is 5.55. The molecule has 2 saturated heterocycles. The first-order chi connectivity index (χ1) is 8.33. The van der Waals surface area contributed by atoms with E-state index in [0.717, 1.165) is 35.2 Å². The maximum Gasteiger partial charge on any atom is 0.208 e. The molecule has 3 rings (SSSR count). The van der Waals surface area contributed by atoms with Gasteiger partial charge in [-0.2, -0.15) is 0 Å². The Morgan fingerprint density at radius 1 is 1.29 bits per heavy atom. The molecule has 5 heteroatoms. The summed E-state index contributed by atoms with van der Waals surface area (Å²) >= 11 is 1.72. The van der Waals surface area contributed by atoms with Gasteiger partial charge in [-0.1, -0.05) is 11.3 Å². The van der Waals surface area contributed by atoms with Gasteiger partial charge in [0.15, 0.2) is 0 Å². The maximum absolute atomic E-state index is 4.27. The summed E-state index contributed by atoms with van der Waals surface area (Å²) in [7, 11) is 0. The van der Waals surface area contributed by atoms with Crippen LogP contribution < -0.4 is 10.2 Å². The second-order valence-corrected chi connectivity index (χ2v) is 6.31. The fourth-order valence-corrected chi connectivity index (χ4v) is 3.76. The third-order valence-corrected chi connectivity index (χ3v) is 4.81. The lowest BCUT2D eigenvalue weighted by Gasteiger charge is -2.35. The highest BCUT2D eigenvalue weighted by Gasteiger charge is 2.30. The van der Waals surface area contributed by atoms with E-state index in [1.165, 1.54) is 32.2 Å². The minimum atomic E-state index is 0.742. The van der Waals surface area contributed by atoms with Crippen LogP contribution >= 0.6 is 11.3 Å². The van der Waals surface area contributed by atoms with Crippen LogP contribution in [0.1, 0.15) is 30.7 Å². The monoisotopic (exact) mass is 252 g/mol. The van der Waals surface area contributed by atoms with Crippen molar-refractivity contribution in [1.29, 1.82) is 0 Å². The van der Waals surface area contributed by atoms with Gasteiger partial charge in [0.1, 0.15) is 5.01 Å². The van der Waals surface area contributed by atoms with Crippen molar-refractivity contribution in [3.63, 3.8) is 0 Å². The highest BCUT2D eigenvalue weighted by Crippen LogP contribution is 2.29. The van der Waals surface area contributed by atoms with Crippen molar-refractivity contribution >= 4 is 16.5 Å². The minimum absolute atomic E-state index is 0.742. The van der Waals surface area contributed by atoms with Crippen LogP contribution in [0, 0.1) is 12.8 Å². The van der Waals surface area contributed by atoms with Crippen molar-refractivity contribution in [1.82, 2.24) is 15.5 Å². The molecule has 3 heterocycles. The van der Waals surface area contributed by atoms with Crippen LogP contribution in [-0.4, -0.2) is 35.9 Å². The summed E-state index contributed by atoms with van der Waals surface area (Å²) in [5.74, 6) is 0.801. The molecule has 0 aliphatic carbocycles. The Morgan fingerprint density at radius 2 is 2.24 bits per heavy atom. The highest BCUT2D eigenvalue weighted by molar-refractivity contribution is 7.15. The van der Waals surface area contributed by atoms with Crippen LogP contribution in [0.2, 0.25) is 0 Å². The van der Waals surface area contributed by atoms with Crippen molar-refractivity contribution in [3.8, 4) is 0 Å². The Bertz CT molecular complexity index is 372. The van der Waals surface area contributed by atoms with E-state index >= 15 is 0 Å². The highest BCUT2D eigenvalue weighted by atomic mass is 32.1. The first kappa shape index (κ1) is 11.4. The molecule has 2 unspecified atom stereocenters. The Hall–Kier alpha value is -0.680. The largest absolute Gasteiger partial charge is 0.346 e. The van der Waals surface area contributed by atoms with Crippen LogP contribution in [-0.2, 0) is 0 Å². The number of rotatable bonds is 2. The molecule has 0 amide bonds. The van der Waals surface area contributed by atoms with Gasteiger partial charge in [0.25, 0.3) is 0 Å². The molecule has 2 aliphatic heterocycles. The molecule has 94 valence electrons. The van der Waals surface area contributed by atoms with Crippen LogP contribution in [0.25, 0.3) is 0 Å². The number of hydrogen-bond donors (Lipinski definition) is 1. The van der Waals surface area contributed by atoms with Crippen molar-refractivity contribution in [2.75, 3.05) is 24.5 Å². The first-order valence-corrected chi connectivity index (χ1v) is 7.43. The second kappa shape index (κ2) is 4.90. The van der Waals surface area contributed by atoms with Crippen LogP contribution in [0.4, 0.5) is 5.13 Å². The van der Waals surface area contributed by atoms with Crippen molar-refractivity contribution in [2.24, 2.45) is 5.92 Å². The molecular formula is C12H20N4S. The van der Waals surface area contributed by atoms with Crippen molar-refractivity contribution in [3.05, 3.63) is 5.01 Å². The fourth-order valence-electron chi connectivity index (χ4n) is 3.04. The van der Waals surface area contributed by atoms with E-state index in [4.69, 9.17) is 0 Å². The molecule has 17 heavy (non-hydrogen) atoms. The van der Waals surface area contributed by atoms with E-state index in [2.05, 4.69) is 20.4 Å². The van der Waals surface area contributed by atoms with E-state index in [-0.39, 0.29) is 0 Å². The van der Waals surface area contributed by atoms with Gasteiger partial charge >= 0.3 is 0 Å². The third-order valence-electron chi connectivity index (χ3n) is 3.91. The molecule has 4 nitrogen and oxygen atoms in total. The van der Waals surface area contributed by atoms with Crippen LogP contribution in [0.5, 0.6) is 0 Å². The number of aromatic nitrogens is 2. The van der Waals surface area contributed by atoms with Gasteiger partial charge < -0.3 is 10.2 Å². The average Bonchev–Trinajstić information content (AvgIpc) is 3.00. The number of anilines is 1. The summed E-state index contributed by atoms with van der Waals surface area (Å²) in [5, 5.41) is 14.2. The lowest BCUT2D eigenvalue weighted by molar-refractivity contribution is 0.328. The van der Waals surface area contributed by atoms with Gasteiger partial charge in [-0.3, -0.25) is 0 Å². The number of nitrogens with zero attached hydrogens (tertiary/aromatic N) is 3. The summed E-state index contributed by atoms with van der Waals surface area (Å²) in [4.78, 5) is 2.43. The number of hydrogen-bond acceptors (Lipinski definition) is 5. The third kappa shape index (κ3) is 2.45. The van der Waals surface area contributed by atoms with Gasteiger partial charge in [-0.15, -0.1) is 10.2 Å². The molecule has 1 N–H and O–H groups in total. The zero-order chi connectivity index (χ0) is 11.7. The fraction of sp³-hybridized carbons (Fsp3) is 0.833. The Morgan fingerprint density at radius 3 is 2.94 bits per heavy atom. The predicted octanol–water partition coefficient (Wildman–Crippen LogP) is 1.81. The maximum atomic E-state index is 4.27. The quantitative estimate of drug-likeness (QED) is 0.871. The van der Waals surface area contributed by atoms with Gasteiger partial charge in [0.05, 0.1) is 0 Å². The molecule has 1 aromatic rings. The number of piperidine rings is 1. The molecule has 2 fully saturated rings. The SMILES string of the molecule is Cc1nnc(N2CCCC(C3CCCN3)C2)s1. The lowest BCUT2D eigenvalue weighted by Crippen LogP contribution is -2.43. The minimum Gasteiger partial charge on any atom is -0.346 e. The molecule has 2 atom stereocenters. The van der Waals surface area contributed by atoms with E-state index in [1.54, 1.807) is 11.3 Å². The number of aryl methyl sites for hydroxylation is 1. The molecule has 0 bridgehead atoms. The summed E-state index contributed by atoms with van der Waals surface area (Å²) in [5.41, 5.74) is 0. The Balaban J connectivity index is 1.66. The topological polar surface area (TPSA) is 41.1 Å². The lowest BCUT2D eigenvalue weighted by atomic mass is 9.90. The smallest absolute Gasteiger partial charge is 0.208 e. The molecule has 0 aromatic carbocycles. The van der Waals surface area contributed by atoms with E-state index in [9.17, 15) is 0 Å². The van der Waals surface area contributed by atoms with Gasteiger partial charge in [-0.05, 0) is 45.1 Å². The molecule has 1 aromatic heterocycles. The molecule has 0 saturated carbocycles. The van der Waals surface area contributed by atoms with Gasteiger partial charge in [0, 0.05) is 19.1 Å². The van der Waals surface area contributed by atoms with E-state index in [1.807, 2.05) is 6.92 Å². The van der Waals surface area contributed by atoms with Crippen molar-refractivity contribution in [2.45, 2.75) is 38.6 Å². The normalized spacial score (nSPS) is 29.8. The van der Waals surface area contributed by atoms with E-state index in [0.29, 0.717) is 0 Å². The van der Waals surface area contributed by atoms with Crippen LogP contribution in [0.15, 0.2) is 0 Å². The molecule has 0 spiro atoms. The predicted molar refractivity (Wildman–Crippen MR) is 70.6 cm³/mol. The standard InChI is InChI=1S/C12H20N4S/c1-9-14-15-12(17-9)16-7-3-4-10(8-16)11-5-2-6-13-11/h10-11,13H,2-8H2,1H3. The second-order valence-electron chi connectivity index (χ2n) is 5.15. The summed E-state index contributed by atoms with van der Waals surface area (Å²) in [6.07, 6.45) is 5.36. The summed E-state index contributed by atoms with van der Waals surface area (Å²) < 4.78 is 0. The van der Waals surface area contributed by atoms with Crippen molar-refractivity contribution < 1.29 is 0 Å². The zero-order valence-electron chi connectivity index (χ0n) is 10.4. The first-order valence-electron chi connectivity index (χ1n) is 6.61.